The van der Waals surface area contributed by atoms with Crippen LogP contribution in [0.1, 0.15) is 22.8 Å². The molecule has 0 aromatic heterocycles. The van der Waals surface area contributed by atoms with E-state index in [2.05, 4.69) is 53.2 Å². The molecule has 2 aromatic rings. The van der Waals surface area contributed by atoms with Crippen LogP contribution in [0.2, 0.25) is 0 Å². The molecule has 1 heterocycles. The lowest BCUT2D eigenvalue weighted by molar-refractivity contribution is 0.0954. The van der Waals surface area contributed by atoms with Gasteiger partial charge < -0.3 is 19.9 Å². The number of benzene rings is 2. The summed E-state index contributed by atoms with van der Waals surface area (Å²) < 4.78 is 5.38. The summed E-state index contributed by atoms with van der Waals surface area (Å²) >= 11 is 0. The maximum absolute atomic E-state index is 12.4. The number of nitrogens with one attached hydrogen (secondary N) is 1. The summed E-state index contributed by atoms with van der Waals surface area (Å²) in [5, 5.41) is 3.03. The Kier molecular flexibility index (Phi) is 6.71. The second kappa shape index (κ2) is 9.42. The number of hydrogen-bond donors (Lipinski definition) is 1. The number of ether oxygens (including phenoxy) is 1. The zero-order valence-electron chi connectivity index (χ0n) is 16.3. The molecule has 0 radical (unpaired) electrons. The smallest absolute Gasteiger partial charge is 0.251 e. The number of likely N-dealkylation sites (N-methyl/N-ethyl adjacent to an activating group) is 1. The van der Waals surface area contributed by atoms with E-state index in [1.807, 2.05) is 24.3 Å². The van der Waals surface area contributed by atoms with E-state index in [9.17, 15) is 4.79 Å². The molecule has 1 saturated heterocycles. The van der Waals surface area contributed by atoms with Crippen molar-refractivity contribution < 1.29 is 9.53 Å². The molecule has 2 aromatic carbocycles. The van der Waals surface area contributed by atoms with Gasteiger partial charge in [0.15, 0.2) is 0 Å². The number of nitrogens with zero attached hydrogens (tertiary/aromatic N) is 2. The van der Waals surface area contributed by atoms with Gasteiger partial charge in [-0.1, -0.05) is 12.1 Å². The molecule has 5 heteroatoms. The third-order valence-corrected chi connectivity index (χ3v) is 4.92. The third-order valence-electron chi connectivity index (χ3n) is 4.92. The Bertz CT molecular complexity index is 739. The minimum atomic E-state index is -0.0242. The van der Waals surface area contributed by atoms with E-state index in [1.54, 1.807) is 0 Å². The molecule has 0 aliphatic carbocycles. The fourth-order valence-electron chi connectivity index (χ4n) is 3.35. The minimum Gasteiger partial charge on any atom is -0.378 e. The Morgan fingerprint density at radius 3 is 2.56 bits per heavy atom. The van der Waals surface area contributed by atoms with Gasteiger partial charge in [0.25, 0.3) is 5.91 Å². The number of rotatable bonds is 7. The number of carbonyl (C=O) groups excluding carboxylic acids is 1. The fourth-order valence-corrected chi connectivity index (χ4v) is 3.35. The average molecular weight is 367 g/mol. The Morgan fingerprint density at radius 2 is 1.89 bits per heavy atom. The number of hydrogen-bond acceptors (Lipinski definition) is 4. The quantitative estimate of drug-likeness (QED) is 0.817. The lowest BCUT2D eigenvalue weighted by atomic mass is 10.1. The van der Waals surface area contributed by atoms with Gasteiger partial charge in [0.05, 0.1) is 13.2 Å². The summed E-state index contributed by atoms with van der Waals surface area (Å²) in [6, 6.07) is 16.3. The van der Waals surface area contributed by atoms with Crippen LogP contribution in [-0.2, 0) is 4.74 Å². The number of amides is 1. The normalized spacial score (nSPS) is 14.1. The van der Waals surface area contributed by atoms with Crippen molar-refractivity contribution in [3.8, 4) is 0 Å². The molecule has 0 atom stereocenters. The van der Waals surface area contributed by atoms with Crippen molar-refractivity contribution in [1.82, 2.24) is 5.32 Å². The molecule has 5 nitrogen and oxygen atoms in total. The molecule has 0 spiro atoms. The van der Waals surface area contributed by atoms with Gasteiger partial charge in [-0.3, -0.25) is 4.79 Å². The Hall–Kier alpha value is -2.53. The molecular formula is C22H29N3O2. The first-order chi connectivity index (χ1) is 13.2. The third kappa shape index (κ3) is 5.23. The van der Waals surface area contributed by atoms with E-state index in [0.29, 0.717) is 12.1 Å². The highest BCUT2D eigenvalue weighted by Gasteiger charge is 2.12. The monoisotopic (exact) mass is 367 g/mol. The summed E-state index contributed by atoms with van der Waals surface area (Å²) in [7, 11) is 0. The largest absolute Gasteiger partial charge is 0.378 e. The molecule has 1 N–H and O–H groups in total. The van der Waals surface area contributed by atoms with E-state index < -0.39 is 0 Å². The van der Waals surface area contributed by atoms with Crippen molar-refractivity contribution in [2.45, 2.75) is 13.8 Å². The molecule has 0 bridgehead atoms. The van der Waals surface area contributed by atoms with Gasteiger partial charge >= 0.3 is 0 Å². The van der Waals surface area contributed by atoms with Crippen molar-refractivity contribution in [1.29, 1.82) is 0 Å². The van der Waals surface area contributed by atoms with Gasteiger partial charge in [0.2, 0.25) is 0 Å². The maximum atomic E-state index is 12.4. The van der Waals surface area contributed by atoms with E-state index in [4.69, 9.17) is 4.74 Å². The van der Waals surface area contributed by atoms with Crippen LogP contribution in [0.25, 0.3) is 0 Å². The van der Waals surface area contributed by atoms with E-state index in [1.165, 1.54) is 11.3 Å². The summed E-state index contributed by atoms with van der Waals surface area (Å²) in [6.45, 7) is 9.87. The van der Waals surface area contributed by atoms with Gasteiger partial charge in [-0.25, -0.2) is 0 Å². The van der Waals surface area contributed by atoms with E-state index >= 15 is 0 Å². The highest BCUT2D eigenvalue weighted by Crippen LogP contribution is 2.17. The van der Waals surface area contributed by atoms with Gasteiger partial charge in [0, 0.05) is 49.7 Å². The summed E-state index contributed by atoms with van der Waals surface area (Å²) in [5.74, 6) is -0.0242. The zero-order valence-corrected chi connectivity index (χ0v) is 16.3. The van der Waals surface area contributed by atoms with Crippen LogP contribution >= 0.6 is 0 Å². The topological polar surface area (TPSA) is 44.8 Å². The highest BCUT2D eigenvalue weighted by atomic mass is 16.5. The van der Waals surface area contributed by atoms with Crippen molar-refractivity contribution in [3.05, 3.63) is 59.7 Å². The van der Waals surface area contributed by atoms with E-state index in [0.717, 1.165) is 45.1 Å². The van der Waals surface area contributed by atoms with Gasteiger partial charge in [0.1, 0.15) is 0 Å². The number of carbonyl (C=O) groups is 1. The van der Waals surface area contributed by atoms with Crippen LogP contribution in [0, 0.1) is 6.92 Å². The van der Waals surface area contributed by atoms with Gasteiger partial charge in [-0.05, 0) is 55.8 Å². The fraction of sp³-hybridized carbons (Fsp3) is 0.409. The zero-order chi connectivity index (χ0) is 19.1. The lowest BCUT2D eigenvalue weighted by Gasteiger charge is -2.28. The minimum absolute atomic E-state index is 0.0242. The Labute approximate surface area is 161 Å². The lowest BCUT2D eigenvalue weighted by Crippen LogP contribution is -2.36. The molecular weight excluding hydrogens is 338 g/mol. The van der Waals surface area contributed by atoms with Gasteiger partial charge in [-0.2, -0.15) is 0 Å². The molecule has 1 fully saturated rings. The summed E-state index contributed by atoms with van der Waals surface area (Å²) in [6.07, 6.45) is 0. The predicted molar refractivity (Wildman–Crippen MR) is 111 cm³/mol. The average Bonchev–Trinajstić information content (AvgIpc) is 2.72. The van der Waals surface area contributed by atoms with Crippen LogP contribution < -0.4 is 15.1 Å². The van der Waals surface area contributed by atoms with Crippen molar-refractivity contribution in [3.63, 3.8) is 0 Å². The maximum Gasteiger partial charge on any atom is 0.251 e. The summed E-state index contributed by atoms with van der Waals surface area (Å²) in [5.41, 5.74) is 4.29. The SMILES string of the molecule is CCN(CCNC(=O)c1ccc(N2CCOCC2)cc1)c1cccc(C)c1. The Morgan fingerprint density at radius 1 is 1.15 bits per heavy atom. The number of morpholine rings is 1. The molecule has 3 rings (SSSR count). The molecule has 27 heavy (non-hydrogen) atoms. The van der Waals surface area contributed by atoms with Crippen LogP contribution in [0.5, 0.6) is 0 Å². The van der Waals surface area contributed by atoms with Crippen LogP contribution in [-0.4, -0.2) is 51.8 Å². The molecule has 0 unspecified atom stereocenters. The molecule has 1 amide bonds. The first-order valence-electron chi connectivity index (χ1n) is 9.70. The highest BCUT2D eigenvalue weighted by molar-refractivity contribution is 5.94. The van der Waals surface area contributed by atoms with Crippen LogP contribution in [0.4, 0.5) is 11.4 Å². The molecule has 1 aliphatic heterocycles. The Balaban J connectivity index is 1.51. The van der Waals surface area contributed by atoms with Crippen molar-refractivity contribution in [2.24, 2.45) is 0 Å². The van der Waals surface area contributed by atoms with Crippen molar-refractivity contribution in [2.75, 3.05) is 55.7 Å². The van der Waals surface area contributed by atoms with E-state index in [-0.39, 0.29) is 5.91 Å². The number of aryl methyl sites for hydroxylation is 1. The molecule has 144 valence electrons. The summed E-state index contributed by atoms with van der Waals surface area (Å²) in [4.78, 5) is 17.0. The predicted octanol–water partition coefficient (Wildman–Crippen LogP) is 3.09. The van der Waals surface area contributed by atoms with Crippen LogP contribution in [0.15, 0.2) is 48.5 Å². The number of anilines is 2. The second-order valence-corrected chi connectivity index (χ2v) is 6.82. The van der Waals surface area contributed by atoms with Gasteiger partial charge in [-0.15, -0.1) is 0 Å². The molecule has 0 saturated carbocycles. The van der Waals surface area contributed by atoms with Crippen LogP contribution in [0.3, 0.4) is 0 Å². The standard InChI is InChI=1S/C22H29N3O2/c1-3-24(21-6-4-5-18(2)17-21)12-11-23-22(26)19-7-9-20(10-8-19)25-13-15-27-16-14-25/h4-10,17H,3,11-16H2,1-2H3,(H,23,26). The molecule has 1 aliphatic rings. The van der Waals surface area contributed by atoms with Crippen molar-refractivity contribution >= 4 is 17.3 Å². The first kappa shape index (κ1) is 19.2. The first-order valence-corrected chi connectivity index (χ1v) is 9.70. The second-order valence-electron chi connectivity index (χ2n) is 6.82.